The van der Waals surface area contributed by atoms with E-state index >= 15 is 0 Å². The molecule has 24 heavy (non-hydrogen) atoms. The quantitative estimate of drug-likeness (QED) is 0.789. The number of rotatable bonds is 4. The Hall–Kier alpha value is -2.66. The molecule has 1 aromatic carbocycles. The summed E-state index contributed by atoms with van der Waals surface area (Å²) in [5.74, 6) is -0.156. The number of carbonyl (C=O) groups is 1. The Balaban J connectivity index is 2.01. The molecule has 1 atom stereocenters. The van der Waals surface area contributed by atoms with Gasteiger partial charge in [-0.2, -0.15) is 5.10 Å². The van der Waals surface area contributed by atoms with Crippen LogP contribution in [0.25, 0.3) is 0 Å². The van der Waals surface area contributed by atoms with Gasteiger partial charge in [0, 0.05) is 30.2 Å². The first-order valence-electron chi connectivity index (χ1n) is 7.51. The van der Waals surface area contributed by atoms with Crippen LogP contribution in [0.3, 0.4) is 0 Å². The number of benzene rings is 1. The predicted molar refractivity (Wildman–Crippen MR) is 93.0 cm³/mol. The number of halogens is 1. The number of H-pyrrole nitrogens is 1. The van der Waals surface area contributed by atoms with Crippen molar-refractivity contribution in [2.75, 3.05) is 7.05 Å². The molecule has 0 aliphatic heterocycles. The molecule has 3 aromatic rings. The summed E-state index contributed by atoms with van der Waals surface area (Å²) >= 11 is 6.00. The van der Waals surface area contributed by atoms with Gasteiger partial charge in [-0.25, -0.2) is 0 Å². The number of nitrogens with zero attached hydrogens (tertiary/aromatic N) is 3. The van der Waals surface area contributed by atoms with Crippen molar-refractivity contribution < 1.29 is 4.79 Å². The minimum absolute atomic E-state index is 0.156. The lowest BCUT2D eigenvalue weighted by molar-refractivity contribution is 0.0749. The van der Waals surface area contributed by atoms with E-state index in [0.29, 0.717) is 10.7 Å². The molecule has 1 amide bonds. The Morgan fingerprint density at radius 1 is 1.12 bits per heavy atom. The SMILES string of the molecule is Cc1cc(C(=O)N(C)[C@@H](c2ccncc2)c2ccc(Cl)cc2)n[nH]1. The molecule has 6 heteroatoms. The van der Waals surface area contributed by atoms with Crippen molar-refractivity contribution in [2.45, 2.75) is 13.0 Å². The van der Waals surface area contributed by atoms with Crippen molar-refractivity contribution in [1.29, 1.82) is 0 Å². The normalized spacial score (nSPS) is 12.0. The Bertz CT molecular complexity index is 830. The van der Waals surface area contributed by atoms with Crippen LogP contribution >= 0.6 is 11.6 Å². The second kappa shape index (κ2) is 6.84. The Morgan fingerprint density at radius 2 is 1.75 bits per heavy atom. The molecule has 3 rings (SSSR count). The molecule has 5 nitrogen and oxygen atoms in total. The second-order valence-corrected chi connectivity index (χ2v) is 6.02. The maximum atomic E-state index is 12.8. The van der Waals surface area contributed by atoms with Gasteiger partial charge >= 0.3 is 0 Å². The van der Waals surface area contributed by atoms with E-state index in [1.165, 1.54) is 0 Å². The van der Waals surface area contributed by atoms with Crippen LogP contribution in [0.15, 0.2) is 54.9 Å². The minimum atomic E-state index is -0.255. The van der Waals surface area contributed by atoms with Crippen LogP contribution in [-0.4, -0.2) is 33.0 Å². The molecular weight excluding hydrogens is 324 g/mol. The predicted octanol–water partition coefficient (Wildman–Crippen LogP) is 3.63. The van der Waals surface area contributed by atoms with Gasteiger partial charge in [0.15, 0.2) is 0 Å². The summed E-state index contributed by atoms with van der Waals surface area (Å²) in [5.41, 5.74) is 3.17. The summed E-state index contributed by atoms with van der Waals surface area (Å²) in [5, 5.41) is 7.53. The van der Waals surface area contributed by atoms with Gasteiger partial charge in [-0.1, -0.05) is 23.7 Å². The Morgan fingerprint density at radius 3 is 2.33 bits per heavy atom. The molecule has 0 aliphatic rings. The fourth-order valence-electron chi connectivity index (χ4n) is 2.66. The summed E-state index contributed by atoms with van der Waals surface area (Å²) in [6.07, 6.45) is 3.44. The minimum Gasteiger partial charge on any atom is -0.329 e. The maximum Gasteiger partial charge on any atom is 0.274 e. The fourth-order valence-corrected chi connectivity index (χ4v) is 2.78. The third kappa shape index (κ3) is 3.31. The Labute approximate surface area is 145 Å². The lowest BCUT2D eigenvalue weighted by atomic mass is 9.98. The van der Waals surface area contributed by atoms with Crippen molar-refractivity contribution >= 4 is 17.5 Å². The molecule has 0 aliphatic carbocycles. The van der Waals surface area contributed by atoms with Crippen molar-refractivity contribution in [3.05, 3.63) is 82.4 Å². The number of hydrogen-bond donors (Lipinski definition) is 1. The third-order valence-corrected chi connectivity index (χ3v) is 4.09. The zero-order valence-electron chi connectivity index (χ0n) is 13.4. The molecular formula is C18H17ClN4O. The fraction of sp³-hybridized carbons (Fsp3) is 0.167. The number of pyridine rings is 1. The molecule has 0 saturated carbocycles. The number of aromatic nitrogens is 3. The molecule has 122 valence electrons. The average molecular weight is 341 g/mol. The summed E-state index contributed by atoms with van der Waals surface area (Å²) in [6, 6.07) is 12.8. The van der Waals surface area contributed by atoms with Crippen LogP contribution in [-0.2, 0) is 0 Å². The molecule has 1 N–H and O–H groups in total. The van der Waals surface area contributed by atoms with E-state index in [2.05, 4.69) is 15.2 Å². The third-order valence-electron chi connectivity index (χ3n) is 3.84. The largest absolute Gasteiger partial charge is 0.329 e. The van der Waals surface area contributed by atoms with Gasteiger partial charge in [0.25, 0.3) is 5.91 Å². The molecule has 0 unspecified atom stereocenters. The van der Waals surface area contributed by atoms with Crippen molar-refractivity contribution in [1.82, 2.24) is 20.1 Å². The lowest BCUT2D eigenvalue weighted by Gasteiger charge is -2.28. The summed E-state index contributed by atoms with van der Waals surface area (Å²) in [7, 11) is 1.77. The van der Waals surface area contributed by atoms with Gasteiger partial charge in [-0.05, 0) is 48.4 Å². The summed E-state index contributed by atoms with van der Waals surface area (Å²) in [4.78, 5) is 18.5. The van der Waals surface area contributed by atoms with Crippen molar-refractivity contribution in [3.63, 3.8) is 0 Å². The molecule has 2 heterocycles. The first-order chi connectivity index (χ1) is 11.6. The molecule has 0 saturated heterocycles. The van der Waals surface area contributed by atoms with Crippen LogP contribution in [0.4, 0.5) is 0 Å². The summed E-state index contributed by atoms with van der Waals surface area (Å²) < 4.78 is 0. The monoisotopic (exact) mass is 340 g/mol. The van der Waals surface area contributed by atoms with E-state index in [0.717, 1.165) is 16.8 Å². The zero-order chi connectivity index (χ0) is 17.1. The smallest absolute Gasteiger partial charge is 0.274 e. The second-order valence-electron chi connectivity index (χ2n) is 5.59. The van der Waals surface area contributed by atoms with Crippen LogP contribution in [0.5, 0.6) is 0 Å². The summed E-state index contributed by atoms with van der Waals surface area (Å²) in [6.45, 7) is 1.86. The van der Waals surface area contributed by atoms with Gasteiger partial charge in [0.05, 0.1) is 6.04 Å². The topological polar surface area (TPSA) is 61.9 Å². The molecule has 0 radical (unpaired) electrons. The van der Waals surface area contributed by atoms with Crippen LogP contribution in [0, 0.1) is 6.92 Å². The highest BCUT2D eigenvalue weighted by Crippen LogP contribution is 2.29. The van der Waals surface area contributed by atoms with Gasteiger partial charge in [-0.3, -0.25) is 14.9 Å². The van der Waals surface area contributed by atoms with Gasteiger partial charge in [0.2, 0.25) is 0 Å². The zero-order valence-corrected chi connectivity index (χ0v) is 14.2. The molecule has 0 spiro atoms. The van der Waals surface area contributed by atoms with Crippen molar-refractivity contribution in [3.8, 4) is 0 Å². The van der Waals surface area contributed by atoms with Crippen LogP contribution in [0.1, 0.15) is 33.4 Å². The van der Waals surface area contributed by atoms with Gasteiger partial charge in [-0.15, -0.1) is 0 Å². The highest BCUT2D eigenvalue weighted by molar-refractivity contribution is 6.30. The van der Waals surface area contributed by atoms with E-state index in [1.54, 1.807) is 30.4 Å². The van der Waals surface area contributed by atoms with E-state index < -0.39 is 0 Å². The highest BCUT2D eigenvalue weighted by atomic mass is 35.5. The van der Waals surface area contributed by atoms with E-state index in [9.17, 15) is 4.79 Å². The number of nitrogens with one attached hydrogen (secondary N) is 1. The molecule has 0 bridgehead atoms. The number of aryl methyl sites for hydroxylation is 1. The van der Waals surface area contributed by atoms with E-state index in [-0.39, 0.29) is 11.9 Å². The first kappa shape index (κ1) is 16.2. The standard InChI is InChI=1S/C18H17ClN4O/c1-12-11-16(22-21-12)18(24)23(2)17(14-7-9-20-10-8-14)13-3-5-15(19)6-4-13/h3-11,17H,1-2H3,(H,21,22)/t17-/m1/s1. The highest BCUT2D eigenvalue weighted by Gasteiger charge is 2.25. The van der Waals surface area contributed by atoms with E-state index in [4.69, 9.17) is 11.6 Å². The number of hydrogen-bond acceptors (Lipinski definition) is 3. The average Bonchev–Trinajstić information content (AvgIpc) is 3.03. The number of aromatic amines is 1. The van der Waals surface area contributed by atoms with Crippen molar-refractivity contribution in [2.24, 2.45) is 0 Å². The number of amides is 1. The van der Waals surface area contributed by atoms with Crippen LogP contribution in [0.2, 0.25) is 5.02 Å². The molecule has 0 fully saturated rings. The van der Waals surface area contributed by atoms with Crippen LogP contribution < -0.4 is 0 Å². The molecule has 2 aromatic heterocycles. The van der Waals surface area contributed by atoms with E-state index in [1.807, 2.05) is 43.3 Å². The first-order valence-corrected chi connectivity index (χ1v) is 7.88. The number of carbonyl (C=O) groups excluding carboxylic acids is 1. The van der Waals surface area contributed by atoms with Gasteiger partial charge < -0.3 is 4.90 Å². The lowest BCUT2D eigenvalue weighted by Crippen LogP contribution is -2.32. The van der Waals surface area contributed by atoms with Gasteiger partial charge in [0.1, 0.15) is 5.69 Å². The Kier molecular flexibility index (Phi) is 4.62. The maximum absolute atomic E-state index is 12.8.